The van der Waals surface area contributed by atoms with Gasteiger partial charge in [-0.1, -0.05) is 6.92 Å². The molecule has 0 spiro atoms. The standard InChI is InChI=1S/C14H21N3O3/c1-3-12-10-6-15-5-9(10)7-17(12)14-16-11(8-20-14)13(18)19-4-2/h8-10,12,15H,3-7H2,1-2H3. The fourth-order valence-electron chi connectivity index (χ4n) is 3.46. The Hall–Kier alpha value is -1.56. The number of anilines is 1. The Morgan fingerprint density at radius 3 is 3.15 bits per heavy atom. The van der Waals surface area contributed by atoms with E-state index in [1.807, 2.05) is 0 Å². The van der Waals surface area contributed by atoms with E-state index in [1.165, 1.54) is 6.26 Å². The number of ether oxygens (including phenoxy) is 1. The number of fused-ring (bicyclic) bond motifs is 1. The Morgan fingerprint density at radius 2 is 2.40 bits per heavy atom. The largest absolute Gasteiger partial charge is 0.461 e. The summed E-state index contributed by atoms with van der Waals surface area (Å²) in [7, 11) is 0. The Kier molecular flexibility index (Phi) is 3.65. The minimum absolute atomic E-state index is 0.256. The first-order valence-electron chi connectivity index (χ1n) is 7.34. The zero-order valence-electron chi connectivity index (χ0n) is 12.0. The van der Waals surface area contributed by atoms with Crippen LogP contribution in [0.1, 0.15) is 30.8 Å². The highest BCUT2D eigenvalue weighted by Gasteiger charge is 2.44. The summed E-state index contributed by atoms with van der Waals surface area (Å²) in [6.45, 7) is 7.37. The molecule has 2 saturated heterocycles. The molecule has 3 heterocycles. The van der Waals surface area contributed by atoms with Gasteiger partial charge in [0.25, 0.3) is 6.01 Å². The van der Waals surface area contributed by atoms with Crippen LogP contribution in [-0.4, -0.2) is 43.2 Å². The van der Waals surface area contributed by atoms with Gasteiger partial charge in [0.05, 0.1) is 6.61 Å². The van der Waals surface area contributed by atoms with Crippen molar-refractivity contribution in [2.24, 2.45) is 11.8 Å². The fourth-order valence-corrected chi connectivity index (χ4v) is 3.46. The highest BCUT2D eigenvalue weighted by atomic mass is 16.5. The van der Waals surface area contributed by atoms with E-state index in [2.05, 4.69) is 22.1 Å². The van der Waals surface area contributed by atoms with Crippen LogP contribution in [0.2, 0.25) is 0 Å². The molecule has 110 valence electrons. The fraction of sp³-hybridized carbons (Fsp3) is 0.714. The van der Waals surface area contributed by atoms with E-state index in [-0.39, 0.29) is 5.69 Å². The molecule has 1 aromatic rings. The molecule has 0 saturated carbocycles. The first-order valence-corrected chi connectivity index (χ1v) is 7.34. The van der Waals surface area contributed by atoms with Crippen molar-refractivity contribution in [3.8, 4) is 0 Å². The van der Waals surface area contributed by atoms with Crippen LogP contribution in [0.3, 0.4) is 0 Å². The van der Waals surface area contributed by atoms with E-state index in [0.717, 1.165) is 26.1 Å². The number of carbonyl (C=O) groups is 1. The van der Waals surface area contributed by atoms with E-state index >= 15 is 0 Å². The topological polar surface area (TPSA) is 67.6 Å². The Morgan fingerprint density at radius 1 is 1.55 bits per heavy atom. The second-order valence-corrected chi connectivity index (χ2v) is 5.45. The number of aromatic nitrogens is 1. The van der Waals surface area contributed by atoms with Crippen LogP contribution in [0.15, 0.2) is 10.7 Å². The van der Waals surface area contributed by atoms with Crippen molar-refractivity contribution in [1.29, 1.82) is 0 Å². The minimum atomic E-state index is -0.420. The average Bonchev–Trinajstić information content (AvgIpc) is 3.13. The third-order valence-electron chi connectivity index (χ3n) is 4.36. The van der Waals surface area contributed by atoms with Gasteiger partial charge in [0.2, 0.25) is 0 Å². The van der Waals surface area contributed by atoms with Crippen molar-refractivity contribution >= 4 is 12.0 Å². The summed E-state index contributed by atoms with van der Waals surface area (Å²) in [5.74, 6) is 0.882. The van der Waals surface area contributed by atoms with Gasteiger partial charge in [-0.2, -0.15) is 4.98 Å². The molecule has 6 heteroatoms. The molecule has 1 aromatic heterocycles. The van der Waals surface area contributed by atoms with Crippen molar-refractivity contribution in [2.45, 2.75) is 26.3 Å². The first kappa shape index (κ1) is 13.4. The molecule has 2 fully saturated rings. The molecule has 3 rings (SSSR count). The number of oxazole rings is 1. The zero-order valence-corrected chi connectivity index (χ0v) is 12.0. The minimum Gasteiger partial charge on any atom is -0.461 e. The van der Waals surface area contributed by atoms with Crippen LogP contribution in [0.4, 0.5) is 6.01 Å². The molecule has 0 bridgehead atoms. The van der Waals surface area contributed by atoms with Crippen LogP contribution < -0.4 is 10.2 Å². The molecular formula is C14H21N3O3. The Bertz CT molecular complexity index is 488. The molecular weight excluding hydrogens is 258 g/mol. The zero-order chi connectivity index (χ0) is 14.1. The third-order valence-corrected chi connectivity index (χ3v) is 4.36. The predicted octanol–water partition coefficient (Wildman–Crippen LogP) is 1.29. The number of nitrogens with zero attached hydrogens (tertiary/aromatic N) is 2. The third kappa shape index (κ3) is 2.18. The van der Waals surface area contributed by atoms with Gasteiger partial charge < -0.3 is 19.4 Å². The van der Waals surface area contributed by atoms with Gasteiger partial charge in [-0.05, 0) is 25.2 Å². The lowest BCUT2D eigenvalue weighted by molar-refractivity contribution is 0.0519. The summed E-state index contributed by atoms with van der Waals surface area (Å²) >= 11 is 0. The van der Waals surface area contributed by atoms with E-state index in [4.69, 9.17) is 9.15 Å². The van der Waals surface area contributed by atoms with Gasteiger partial charge in [0.1, 0.15) is 6.26 Å². The SMILES string of the molecule is CCOC(=O)c1coc(N2CC3CNCC3C2CC)n1. The molecule has 20 heavy (non-hydrogen) atoms. The molecule has 2 aliphatic heterocycles. The first-order chi connectivity index (χ1) is 9.74. The summed E-state index contributed by atoms with van der Waals surface area (Å²) in [5, 5.41) is 3.45. The normalized spacial score (nSPS) is 28.7. The highest BCUT2D eigenvalue weighted by molar-refractivity contribution is 5.87. The smallest absolute Gasteiger partial charge is 0.360 e. The summed E-state index contributed by atoms with van der Waals surface area (Å²) in [6.07, 6.45) is 2.45. The quantitative estimate of drug-likeness (QED) is 0.838. The summed E-state index contributed by atoms with van der Waals surface area (Å²) < 4.78 is 10.4. The number of carbonyl (C=O) groups excluding carboxylic acids is 1. The van der Waals surface area contributed by atoms with Crippen LogP contribution in [0.25, 0.3) is 0 Å². The molecule has 0 radical (unpaired) electrons. The lowest BCUT2D eigenvalue weighted by Gasteiger charge is -2.25. The second-order valence-electron chi connectivity index (χ2n) is 5.45. The predicted molar refractivity (Wildman–Crippen MR) is 73.7 cm³/mol. The number of rotatable bonds is 4. The van der Waals surface area contributed by atoms with E-state index in [1.54, 1.807) is 6.92 Å². The summed E-state index contributed by atoms with van der Waals surface area (Å²) in [5.41, 5.74) is 0.256. The molecule has 0 aliphatic carbocycles. The van der Waals surface area contributed by atoms with Crippen LogP contribution in [-0.2, 0) is 4.74 Å². The monoisotopic (exact) mass is 279 g/mol. The number of hydrogen-bond donors (Lipinski definition) is 1. The Labute approximate surface area is 118 Å². The molecule has 6 nitrogen and oxygen atoms in total. The summed E-state index contributed by atoms with van der Waals surface area (Å²) in [6, 6.07) is 0.984. The van der Waals surface area contributed by atoms with Gasteiger partial charge >= 0.3 is 5.97 Å². The number of hydrogen-bond acceptors (Lipinski definition) is 6. The maximum absolute atomic E-state index is 11.6. The van der Waals surface area contributed by atoms with Crippen molar-refractivity contribution in [3.63, 3.8) is 0 Å². The molecule has 3 atom stereocenters. The molecule has 2 aliphatic rings. The van der Waals surface area contributed by atoms with E-state index in [0.29, 0.717) is 30.5 Å². The van der Waals surface area contributed by atoms with E-state index < -0.39 is 5.97 Å². The molecule has 3 unspecified atom stereocenters. The van der Waals surface area contributed by atoms with Crippen LogP contribution in [0.5, 0.6) is 0 Å². The molecule has 1 N–H and O–H groups in total. The second kappa shape index (κ2) is 5.44. The number of nitrogens with one attached hydrogen (secondary N) is 1. The molecule has 0 aromatic carbocycles. The van der Waals surface area contributed by atoms with Crippen molar-refractivity contribution in [3.05, 3.63) is 12.0 Å². The molecule has 0 amide bonds. The van der Waals surface area contributed by atoms with Gasteiger partial charge in [-0.25, -0.2) is 4.79 Å². The lowest BCUT2D eigenvalue weighted by Crippen LogP contribution is -2.35. The van der Waals surface area contributed by atoms with Gasteiger partial charge in [0.15, 0.2) is 5.69 Å². The lowest BCUT2D eigenvalue weighted by atomic mass is 9.93. The van der Waals surface area contributed by atoms with Crippen molar-refractivity contribution < 1.29 is 13.9 Å². The summed E-state index contributed by atoms with van der Waals surface area (Å²) in [4.78, 5) is 18.2. The van der Waals surface area contributed by atoms with Gasteiger partial charge in [-0.3, -0.25) is 0 Å². The highest BCUT2D eigenvalue weighted by Crippen LogP contribution is 2.37. The Balaban J connectivity index is 1.77. The maximum Gasteiger partial charge on any atom is 0.360 e. The van der Waals surface area contributed by atoms with Crippen molar-refractivity contribution in [1.82, 2.24) is 10.3 Å². The van der Waals surface area contributed by atoms with Crippen LogP contribution in [0, 0.1) is 11.8 Å². The number of esters is 1. The van der Waals surface area contributed by atoms with Crippen LogP contribution >= 0.6 is 0 Å². The maximum atomic E-state index is 11.6. The van der Waals surface area contributed by atoms with Gasteiger partial charge in [0, 0.05) is 25.7 Å². The van der Waals surface area contributed by atoms with Gasteiger partial charge in [-0.15, -0.1) is 0 Å². The van der Waals surface area contributed by atoms with Crippen molar-refractivity contribution in [2.75, 3.05) is 31.1 Å². The van der Waals surface area contributed by atoms with E-state index in [9.17, 15) is 4.79 Å². The average molecular weight is 279 g/mol.